The van der Waals surface area contributed by atoms with Gasteiger partial charge in [0.1, 0.15) is 11.6 Å². The number of rotatable bonds is 4. The predicted octanol–water partition coefficient (Wildman–Crippen LogP) is 5.37. The van der Waals surface area contributed by atoms with E-state index in [1.54, 1.807) is 13.0 Å². The molecule has 2 aromatic carbocycles. The van der Waals surface area contributed by atoms with E-state index in [2.05, 4.69) is 5.32 Å². The minimum Gasteiger partial charge on any atom is -0.374 e. The number of anilines is 1. The molecule has 0 spiro atoms. The second kappa shape index (κ2) is 9.33. The molecule has 0 aliphatic carbocycles. The van der Waals surface area contributed by atoms with Crippen LogP contribution in [0.5, 0.6) is 0 Å². The molecule has 0 aromatic heterocycles. The lowest BCUT2D eigenvalue weighted by Gasteiger charge is -2.35. The molecule has 1 fully saturated rings. The van der Waals surface area contributed by atoms with E-state index in [9.17, 15) is 13.6 Å². The maximum atomic E-state index is 13.5. The van der Waals surface area contributed by atoms with Crippen LogP contribution >= 0.6 is 11.6 Å². The summed E-state index contributed by atoms with van der Waals surface area (Å²) in [5, 5.41) is 3.79. The van der Waals surface area contributed by atoms with Gasteiger partial charge in [0, 0.05) is 32.0 Å². The van der Waals surface area contributed by atoms with Crippen LogP contribution in [-0.2, 0) is 4.79 Å². The Morgan fingerprint density at radius 3 is 2.38 bits per heavy atom. The van der Waals surface area contributed by atoms with E-state index in [0.29, 0.717) is 47.5 Å². The number of likely N-dealkylation sites (tertiary alicyclic amines) is 1. The number of nitrogens with zero attached hydrogens (tertiary/aromatic N) is 2. The monoisotopic (exact) mass is 457 g/mol. The molecule has 0 bridgehead atoms. The largest absolute Gasteiger partial charge is 0.374 e. The van der Waals surface area contributed by atoms with Crippen molar-refractivity contribution in [2.75, 3.05) is 32.0 Å². The van der Waals surface area contributed by atoms with E-state index in [4.69, 9.17) is 11.6 Å². The second-order valence-electron chi connectivity index (χ2n) is 8.44. The first-order chi connectivity index (χ1) is 15.3. The molecular weight excluding hydrogens is 432 g/mol. The van der Waals surface area contributed by atoms with Gasteiger partial charge in [-0.1, -0.05) is 23.7 Å². The van der Waals surface area contributed by atoms with E-state index >= 15 is 0 Å². The quantitative estimate of drug-likeness (QED) is 0.670. The lowest BCUT2D eigenvalue weighted by Crippen LogP contribution is -2.41. The van der Waals surface area contributed by atoms with Crippen LogP contribution in [0.25, 0.3) is 0 Å². The fraction of sp³-hybridized carbons (Fsp3) is 0.320. The van der Waals surface area contributed by atoms with Crippen molar-refractivity contribution >= 4 is 23.2 Å². The molecular formula is C25H26ClF2N3O. The van der Waals surface area contributed by atoms with Crippen molar-refractivity contribution in [3.8, 4) is 0 Å². The van der Waals surface area contributed by atoms with Crippen LogP contribution in [0.15, 0.2) is 65.0 Å². The van der Waals surface area contributed by atoms with Gasteiger partial charge in [-0.15, -0.1) is 0 Å². The third kappa shape index (κ3) is 4.80. The van der Waals surface area contributed by atoms with Gasteiger partial charge in [0.15, 0.2) is 0 Å². The van der Waals surface area contributed by atoms with Gasteiger partial charge in [0.25, 0.3) is 5.91 Å². The van der Waals surface area contributed by atoms with Crippen molar-refractivity contribution in [3.05, 3.63) is 87.7 Å². The number of piperidine rings is 1. The maximum Gasteiger partial charge on any atom is 0.257 e. The van der Waals surface area contributed by atoms with Crippen molar-refractivity contribution < 1.29 is 13.6 Å². The Morgan fingerprint density at radius 2 is 1.72 bits per heavy atom. The van der Waals surface area contributed by atoms with Crippen LogP contribution in [0.3, 0.4) is 0 Å². The molecule has 4 nitrogen and oxygen atoms in total. The number of carbonyl (C=O) groups excluding carboxylic acids is 1. The molecule has 32 heavy (non-hydrogen) atoms. The van der Waals surface area contributed by atoms with Crippen LogP contribution in [0, 0.1) is 18.6 Å². The first-order valence-electron chi connectivity index (χ1n) is 10.7. The van der Waals surface area contributed by atoms with E-state index in [1.165, 1.54) is 24.3 Å². The van der Waals surface area contributed by atoms with Crippen LogP contribution in [0.1, 0.15) is 29.9 Å². The summed E-state index contributed by atoms with van der Waals surface area (Å²) in [6, 6.07) is 11.1. The SMILES string of the molecule is Cc1cc(F)ccc1NC1=C(Cl)CN(C)C=C1C(=O)N1CCC(c2ccc(F)cc2)CC1. The number of halogens is 3. The standard InChI is InChI=1S/C25H26ClF2N3O/c1-16-13-20(28)7-8-23(16)29-24-21(14-30(2)15-22(24)26)25(32)31-11-9-18(10-12-31)17-3-5-19(27)6-4-17/h3-8,13-14,18,29H,9-12,15H2,1-2H3. The van der Waals surface area contributed by atoms with E-state index < -0.39 is 0 Å². The average molecular weight is 458 g/mol. The molecule has 1 N–H and O–H groups in total. The van der Waals surface area contributed by atoms with Crippen molar-refractivity contribution in [2.45, 2.75) is 25.7 Å². The highest BCUT2D eigenvalue weighted by Gasteiger charge is 2.30. The molecule has 2 aliphatic heterocycles. The zero-order valence-corrected chi connectivity index (χ0v) is 18.9. The van der Waals surface area contributed by atoms with Crippen LogP contribution in [0.2, 0.25) is 0 Å². The van der Waals surface area contributed by atoms with E-state index in [0.717, 1.165) is 24.0 Å². The Kier molecular flexibility index (Phi) is 6.51. The molecule has 2 heterocycles. The Labute approximate surface area is 192 Å². The summed E-state index contributed by atoms with van der Waals surface area (Å²) in [4.78, 5) is 17.2. The third-order valence-corrected chi connectivity index (χ3v) is 6.39. The molecule has 1 amide bonds. The summed E-state index contributed by atoms with van der Waals surface area (Å²) >= 11 is 6.56. The minimum absolute atomic E-state index is 0.0884. The Bertz CT molecular complexity index is 1070. The zero-order chi connectivity index (χ0) is 22.8. The number of amides is 1. The van der Waals surface area contributed by atoms with Gasteiger partial charge in [0.05, 0.1) is 22.8 Å². The molecule has 2 aliphatic rings. The van der Waals surface area contributed by atoms with Crippen molar-refractivity contribution in [3.63, 3.8) is 0 Å². The highest BCUT2D eigenvalue weighted by atomic mass is 35.5. The van der Waals surface area contributed by atoms with E-state index in [1.807, 2.05) is 35.2 Å². The molecule has 168 valence electrons. The number of aryl methyl sites for hydroxylation is 1. The Balaban J connectivity index is 1.50. The van der Waals surface area contributed by atoms with Gasteiger partial charge in [-0.25, -0.2) is 8.78 Å². The van der Waals surface area contributed by atoms with Gasteiger partial charge in [-0.05, 0) is 67.1 Å². The average Bonchev–Trinajstić information content (AvgIpc) is 2.77. The number of likely N-dealkylation sites (N-methyl/N-ethyl adjacent to an activating group) is 1. The summed E-state index contributed by atoms with van der Waals surface area (Å²) in [7, 11) is 1.87. The first kappa shape index (κ1) is 22.3. The molecule has 4 rings (SSSR count). The number of nitrogens with one attached hydrogen (secondary N) is 1. The van der Waals surface area contributed by atoms with Gasteiger partial charge >= 0.3 is 0 Å². The number of hydrogen-bond acceptors (Lipinski definition) is 3. The molecule has 0 unspecified atom stereocenters. The second-order valence-corrected chi connectivity index (χ2v) is 8.90. The van der Waals surface area contributed by atoms with Gasteiger partial charge in [-0.2, -0.15) is 0 Å². The normalized spacial score (nSPS) is 17.5. The summed E-state index contributed by atoms with van der Waals surface area (Å²) < 4.78 is 26.7. The van der Waals surface area contributed by atoms with Gasteiger partial charge in [-0.3, -0.25) is 4.79 Å². The van der Waals surface area contributed by atoms with Crippen LogP contribution in [0.4, 0.5) is 14.5 Å². The Hall–Kier alpha value is -2.86. The molecule has 7 heteroatoms. The number of benzene rings is 2. The smallest absolute Gasteiger partial charge is 0.257 e. The van der Waals surface area contributed by atoms with Crippen molar-refractivity contribution in [2.24, 2.45) is 0 Å². The van der Waals surface area contributed by atoms with Crippen LogP contribution < -0.4 is 5.32 Å². The first-order valence-corrected chi connectivity index (χ1v) is 11.1. The summed E-state index contributed by atoms with van der Waals surface area (Å²) in [5.41, 5.74) is 3.59. The Morgan fingerprint density at radius 1 is 1.06 bits per heavy atom. The predicted molar refractivity (Wildman–Crippen MR) is 123 cm³/mol. The van der Waals surface area contributed by atoms with Crippen molar-refractivity contribution in [1.29, 1.82) is 0 Å². The fourth-order valence-electron chi connectivity index (χ4n) is 4.30. The highest BCUT2D eigenvalue weighted by Crippen LogP contribution is 2.32. The van der Waals surface area contributed by atoms with Crippen LogP contribution in [-0.4, -0.2) is 42.4 Å². The third-order valence-electron chi connectivity index (χ3n) is 6.08. The molecule has 1 saturated heterocycles. The fourth-order valence-corrected chi connectivity index (χ4v) is 4.63. The number of carbonyl (C=O) groups is 1. The lowest BCUT2D eigenvalue weighted by molar-refractivity contribution is -0.128. The summed E-state index contributed by atoms with van der Waals surface area (Å²) in [6.07, 6.45) is 3.44. The molecule has 0 atom stereocenters. The molecule has 0 saturated carbocycles. The zero-order valence-electron chi connectivity index (χ0n) is 18.2. The number of hydrogen-bond donors (Lipinski definition) is 1. The summed E-state index contributed by atoms with van der Waals surface area (Å²) in [6.45, 7) is 3.51. The van der Waals surface area contributed by atoms with Gasteiger partial charge in [0.2, 0.25) is 0 Å². The summed E-state index contributed by atoms with van der Waals surface area (Å²) in [5.74, 6) is -0.335. The highest BCUT2D eigenvalue weighted by molar-refractivity contribution is 6.31. The van der Waals surface area contributed by atoms with Crippen molar-refractivity contribution in [1.82, 2.24) is 9.80 Å². The topological polar surface area (TPSA) is 35.6 Å². The molecule has 2 aromatic rings. The molecule has 0 radical (unpaired) electrons. The maximum absolute atomic E-state index is 13.5. The minimum atomic E-state index is -0.313. The van der Waals surface area contributed by atoms with Gasteiger partial charge < -0.3 is 15.1 Å². The van der Waals surface area contributed by atoms with E-state index in [-0.39, 0.29) is 17.5 Å². The lowest BCUT2D eigenvalue weighted by atomic mass is 9.89.